The summed E-state index contributed by atoms with van der Waals surface area (Å²) < 4.78 is 35.3. The Balaban J connectivity index is 2.02. The van der Waals surface area contributed by atoms with Gasteiger partial charge in [0, 0.05) is 19.5 Å². The highest BCUT2D eigenvalue weighted by molar-refractivity contribution is 7.88. The Bertz CT molecular complexity index is 529. The molecule has 0 aromatic heterocycles. The number of sulfonamides is 1. The first-order valence-electron chi connectivity index (χ1n) is 6.18. The van der Waals surface area contributed by atoms with Crippen molar-refractivity contribution >= 4 is 10.0 Å². The van der Waals surface area contributed by atoms with Gasteiger partial charge in [-0.2, -0.15) is 4.31 Å². The maximum absolute atomic E-state index is 11.5. The summed E-state index contributed by atoms with van der Waals surface area (Å²) in [4.78, 5) is 0. The monoisotopic (exact) mass is 285 g/mol. The molecular formula is C13H19NO4S. The highest BCUT2D eigenvalue weighted by Gasteiger charge is 2.26. The number of nitrogens with zero attached hydrogens (tertiary/aromatic N) is 1. The second-order valence-electron chi connectivity index (χ2n) is 4.67. The van der Waals surface area contributed by atoms with Crippen molar-refractivity contribution in [3.63, 3.8) is 0 Å². The molecule has 1 saturated heterocycles. The summed E-state index contributed by atoms with van der Waals surface area (Å²) in [6.45, 7) is 1.30. The molecular weight excluding hydrogens is 266 g/mol. The zero-order chi connectivity index (χ0) is 13.9. The standard InChI is InChI=1S/C13H19NO4S/c1-17-12-5-3-4-11(8-12)9-13-10-14(6-7-18-13)19(2,15)16/h3-5,8,13H,6-7,9-10H2,1-2H3/t13-/m1/s1. The Hall–Kier alpha value is -1.11. The van der Waals surface area contributed by atoms with Gasteiger partial charge in [0.05, 0.1) is 26.1 Å². The molecule has 1 atom stereocenters. The van der Waals surface area contributed by atoms with E-state index in [0.717, 1.165) is 11.3 Å². The van der Waals surface area contributed by atoms with Crippen molar-refractivity contribution in [1.82, 2.24) is 4.31 Å². The molecule has 2 rings (SSSR count). The molecule has 0 N–H and O–H groups in total. The lowest BCUT2D eigenvalue weighted by atomic mass is 10.1. The van der Waals surface area contributed by atoms with Crippen molar-refractivity contribution in [3.8, 4) is 5.75 Å². The van der Waals surface area contributed by atoms with Gasteiger partial charge in [-0.05, 0) is 17.7 Å². The molecule has 0 aliphatic carbocycles. The van der Waals surface area contributed by atoms with Crippen LogP contribution in [0.3, 0.4) is 0 Å². The van der Waals surface area contributed by atoms with Gasteiger partial charge < -0.3 is 9.47 Å². The van der Waals surface area contributed by atoms with E-state index in [1.807, 2.05) is 24.3 Å². The lowest BCUT2D eigenvalue weighted by molar-refractivity contribution is -0.000303. The minimum absolute atomic E-state index is 0.101. The molecule has 1 aromatic carbocycles. The smallest absolute Gasteiger partial charge is 0.211 e. The number of benzene rings is 1. The summed E-state index contributed by atoms with van der Waals surface area (Å²) in [5.74, 6) is 0.799. The molecule has 0 radical (unpaired) electrons. The van der Waals surface area contributed by atoms with E-state index in [1.54, 1.807) is 7.11 Å². The maximum Gasteiger partial charge on any atom is 0.211 e. The first-order chi connectivity index (χ1) is 8.99. The van der Waals surface area contributed by atoms with E-state index in [2.05, 4.69) is 0 Å². The molecule has 0 amide bonds. The Morgan fingerprint density at radius 2 is 2.26 bits per heavy atom. The summed E-state index contributed by atoms with van der Waals surface area (Å²) >= 11 is 0. The zero-order valence-corrected chi connectivity index (χ0v) is 12.0. The van der Waals surface area contributed by atoms with Crippen LogP contribution in [-0.2, 0) is 21.2 Å². The van der Waals surface area contributed by atoms with E-state index < -0.39 is 10.0 Å². The van der Waals surface area contributed by atoms with Crippen molar-refractivity contribution in [1.29, 1.82) is 0 Å². The predicted molar refractivity (Wildman–Crippen MR) is 72.9 cm³/mol. The van der Waals surface area contributed by atoms with E-state index in [0.29, 0.717) is 26.1 Å². The van der Waals surface area contributed by atoms with Gasteiger partial charge in [-0.15, -0.1) is 0 Å². The van der Waals surface area contributed by atoms with Crippen LogP contribution in [-0.4, -0.2) is 51.9 Å². The molecule has 106 valence electrons. The fourth-order valence-electron chi connectivity index (χ4n) is 2.18. The van der Waals surface area contributed by atoms with E-state index >= 15 is 0 Å². The summed E-state index contributed by atoms with van der Waals surface area (Å²) in [5, 5.41) is 0. The average Bonchev–Trinajstić information content (AvgIpc) is 2.38. The summed E-state index contributed by atoms with van der Waals surface area (Å²) in [7, 11) is -1.51. The summed E-state index contributed by atoms with van der Waals surface area (Å²) in [6.07, 6.45) is 1.82. The number of hydrogen-bond acceptors (Lipinski definition) is 4. The molecule has 0 spiro atoms. The van der Waals surface area contributed by atoms with Gasteiger partial charge in [-0.1, -0.05) is 12.1 Å². The van der Waals surface area contributed by atoms with Crippen LogP contribution in [0.2, 0.25) is 0 Å². The minimum Gasteiger partial charge on any atom is -0.497 e. The third-order valence-corrected chi connectivity index (χ3v) is 4.44. The molecule has 1 fully saturated rings. The fraction of sp³-hybridized carbons (Fsp3) is 0.538. The van der Waals surface area contributed by atoms with Crippen molar-refractivity contribution in [3.05, 3.63) is 29.8 Å². The Labute approximate surface area is 114 Å². The molecule has 1 aliphatic rings. The van der Waals surface area contributed by atoms with Crippen LogP contribution in [0, 0.1) is 0 Å². The van der Waals surface area contributed by atoms with Crippen LogP contribution in [0.4, 0.5) is 0 Å². The van der Waals surface area contributed by atoms with E-state index in [4.69, 9.17) is 9.47 Å². The van der Waals surface area contributed by atoms with Gasteiger partial charge >= 0.3 is 0 Å². The number of ether oxygens (including phenoxy) is 2. The van der Waals surface area contributed by atoms with Gasteiger partial charge in [0.1, 0.15) is 5.75 Å². The number of hydrogen-bond donors (Lipinski definition) is 0. The highest BCUT2D eigenvalue weighted by atomic mass is 32.2. The van der Waals surface area contributed by atoms with Gasteiger partial charge in [0.25, 0.3) is 0 Å². The Morgan fingerprint density at radius 1 is 1.47 bits per heavy atom. The van der Waals surface area contributed by atoms with E-state index in [9.17, 15) is 8.42 Å². The molecule has 0 bridgehead atoms. The molecule has 19 heavy (non-hydrogen) atoms. The van der Waals surface area contributed by atoms with Gasteiger partial charge in [-0.25, -0.2) is 8.42 Å². The van der Waals surface area contributed by atoms with Gasteiger partial charge in [0.2, 0.25) is 10.0 Å². The third kappa shape index (κ3) is 3.92. The zero-order valence-electron chi connectivity index (χ0n) is 11.2. The van der Waals surface area contributed by atoms with Gasteiger partial charge in [0.15, 0.2) is 0 Å². The topological polar surface area (TPSA) is 55.8 Å². The SMILES string of the molecule is COc1cccc(C[C@@H]2CN(S(C)(=O)=O)CCO2)c1. The lowest BCUT2D eigenvalue weighted by Gasteiger charge is -2.31. The van der Waals surface area contributed by atoms with E-state index in [1.165, 1.54) is 10.6 Å². The number of rotatable bonds is 4. The van der Waals surface area contributed by atoms with Crippen LogP contribution in [0.15, 0.2) is 24.3 Å². The second-order valence-corrected chi connectivity index (χ2v) is 6.65. The van der Waals surface area contributed by atoms with Crippen LogP contribution >= 0.6 is 0 Å². The fourth-order valence-corrected chi connectivity index (χ4v) is 3.02. The van der Waals surface area contributed by atoms with Crippen LogP contribution < -0.4 is 4.74 Å². The minimum atomic E-state index is -3.14. The second kappa shape index (κ2) is 5.90. The van der Waals surface area contributed by atoms with Crippen LogP contribution in [0.25, 0.3) is 0 Å². The summed E-state index contributed by atoms with van der Waals surface area (Å²) in [6, 6.07) is 7.74. The van der Waals surface area contributed by atoms with E-state index in [-0.39, 0.29) is 6.10 Å². The highest BCUT2D eigenvalue weighted by Crippen LogP contribution is 2.17. The third-order valence-electron chi connectivity index (χ3n) is 3.17. The Kier molecular flexibility index (Phi) is 4.44. The van der Waals surface area contributed by atoms with Crippen molar-refractivity contribution in [2.45, 2.75) is 12.5 Å². The molecule has 1 aliphatic heterocycles. The maximum atomic E-state index is 11.5. The normalized spacial score (nSPS) is 21.3. The van der Waals surface area contributed by atoms with Crippen molar-refractivity contribution in [2.24, 2.45) is 0 Å². The molecule has 6 heteroatoms. The lowest BCUT2D eigenvalue weighted by Crippen LogP contribution is -2.45. The molecule has 1 heterocycles. The van der Waals surface area contributed by atoms with Gasteiger partial charge in [-0.3, -0.25) is 0 Å². The average molecular weight is 285 g/mol. The number of morpholine rings is 1. The molecule has 5 nitrogen and oxygen atoms in total. The molecule has 0 saturated carbocycles. The van der Waals surface area contributed by atoms with Crippen LogP contribution in [0.5, 0.6) is 5.75 Å². The van der Waals surface area contributed by atoms with Crippen LogP contribution in [0.1, 0.15) is 5.56 Å². The Morgan fingerprint density at radius 3 is 2.95 bits per heavy atom. The molecule has 1 aromatic rings. The summed E-state index contributed by atoms with van der Waals surface area (Å²) in [5.41, 5.74) is 1.08. The van der Waals surface area contributed by atoms with Crippen molar-refractivity contribution < 1.29 is 17.9 Å². The first kappa shape index (κ1) is 14.3. The number of methoxy groups -OCH3 is 1. The van der Waals surface area contributed by atoms with Crippen molar-refractivity contribution in [2.75, 3.05) is 33.1 Å². The first-order valence-corrected chi connectivity index (χ1v) is 8.03. The largest absolute Gasteiger partial charge is 0.497 e. The predicted octanol–water partition coefficient (Wildman–Crippen LogP) is 0.898. The molecule has 0 unspecified atom stereocenters. The quantitative estimate of drug-likeness (QED) is 0.825.